The Morgan fingerprint density at radius 2 is 2.17 bits per heavy atom. The van der Waals surface area contributed by atoms with Crippen molar-refractivity contribution in [1.29, 1.82) is 0 Å². The third kappa shape index (κ3) is 1.49. The first-order valence-corrected chi connectivity index (χ1v) is 5.53. The summed E-state index contributed by atoms with van der Waals surface area (Å²) in [6.07, 6.45) is 4.10. The van der Waals surface area contributed by atoms with Gasteiger partial charge in [0.1, 0.15) is 17.1 Å². The number of nitrogens with zero attached hydrogens (tertiary/aromatic N) is 3. The second kappa shape index (κ2) is 3.63. The molecule has 92 valence electrons. The summed E-state index contributed by atoms with van der Waals surface area (Å²) in [5.74, 6) is -1.44. The van der Waals surface area contributed by atoms with E-state index in [4.69, 9.17) is 5.11 Å². The van der Waals surface area contributed by atoms with Crippen LogP contribution >= 0.6 is 0 Å². The minimum absolute atomic E-state index is 0.124. The quantitative estimate of drug-likeness (QED) is 0.895. The fraction of sp³-hybridized carbons (Fsp3) is 0.250. The second-order valence-corrected chi connectivity index (χ2v) is 4.33. The molecule has 0 aliphatic heterocycles. The SMILES string of the molecule is O=C(O)c1ccnn1C1(c2ccc(F)cn2)CC1. The first-order chi connectivity index (χ1) is 8.63. The fourth-order valence-corrected chi connectivity index (χ4v) is 2.15. The van der Waals surface area contributed by atoms with Gasteiger partial charge in [0.05, 0.1) is 11.9 Å². The molecule has 5 nitrogen and oxygen atoms in total. The molecule has 1 N–H and O–H groups in total. The number of hydrogen-bond donors (Lipinski definition) is 1. The van der Waals surface area contributed by atoms with Crippen LogP contribution in [0.4, 0.5) is 4.39 Å². The highest BCUT2D eigenvalue weighted by atomic mass is 19.1. The Labute approximate surface area is 102 Å². The van der Waals surface area contributed by atoms with Gasteiger partial charge in [-0.25, -0.2) is 13.9 Å². The maximum atomic E-state index is 12.9. The van der Waals surface area contributed by atoms with E-state index in [2.05, 4.69) is 10.1 Å². The van der Waals surface area contributed by atoms with Crippen molar-refractivity contribution in [2.75, 3.05) is 0 Å². The van der Waals surface area contributed by atoms with Crippen molar-refractivity contribution in [3.8, 4) is 0 Å². The molecule has 1 aliphatic rings. The van der Waals surface area contributed by atoms with Crippen LogP contribution in [0, 0.1) is 5.82 Å². The molecular weight excluding hydrogens is 237 g/mol. The summed E-state index contributed by atoms with van der Waals surface area (Å²) in [5, 5.41) is 13.2. The topological polar surface area (TPSA) is 68.0 Å². The molecule has 0 atom stereocenters. The Morgan fingerprint density at radius 3 is 2.72 bits per heavy atom. The van der Waals surface area contributed by atoms with Gasteiger partial charge in [-0.1, -0.05) is 0 Å². The maximum absolute atomic E-state index is 12.9. The van der Waals surface area contributed by atoms with Gasteiger partial charge in [-0.05, 0) is 31.0 Å². The molecule has 1 saturated carbocycles. The number of aromatic nitrogens is 3. The van der Waals surface area contributed by atoms with Crippen LogP contribution in [0.2, 0.25) is 0 Å². The number of halogens is 1. The molecule has 1 aliphatic carbocycles. The van der Waals surface area contributed by atoms with Crippen molar-refractivity contribution in [3.63, 3.8) is 0 Å². The Hall–Kier alpha value is -2.24. The van der Waals surface area contributed by atoms with Gasteiger partial charge in [0.15, 0.2) is 0 Å². The lowest BCUT2D eigenvalue weighted by Gasteiger charge is -2.17. The van der Waals surface area contributed by atoms with Crippen LogP contribution in [0.3, 0.4) is 0 Å². The van der Waals surface area contributed by atoms with Crippen molar-refractivity contribution < 1.29 is 14.3 Å². The predicted molar refractivity (Wildman–Crippen MR) is 59.7 cm³/mol. The summed E-state index contributed by atoms with van der Waals surface area (Å²) in [4.78, 5) is 15.1. The van der Waals surface area contributed by atoms with Gasteiger partial charge in [-0.2, -0.15) is 5.10 Å². The third-order valence-electron chi connectivity index (χ3n) is 3.20. The molecule has 6 heteroatoms. The number of carboxylic acids is 1. The zero-order valence-electron chi connectivity index (χ0n) is 9.38. The van der Waals surface area contributed by atoms with Crippen LogP contribution in [0.15, 0.2) is 30.6 Å². The van der Waals surface area contributed by atoms with Crippen LogP contribution in [-0.4, -0.2) is 25.8 Å². The number of hydrogen-bond acceptors (Lipinski definition) is 3. The molecule has 0 amide bonds. The third-order valence-corrected chi connectivity index (χ3v) is 3.20. The van der Waals surface area contributed by atoms with Gasteiger partial charge in [0.2, 0.25) is 0 Å². The second-order valence-electron chi connectivity index (χ2n) is 4.33. The van der Waals surface area contributed by atoms with Gasteiger partial charge >= 0.3 is 5.97 Å². The zero-order valence-corrected chi connectivity index (χ0v) is 9.38. The summed E-state index contributed by atoms with van der Waals surface area (Å²) in [5.41, 5.74) is 0.249. The van der Waals surface area contributed by atoms with E-state index in [0.29, 0.717) is 5.69 Å². The van der Waals surface area contributed by atoms with Crippen molar-refractivity contribution in [2.45, 2.75) is 18.4 Å². The average Bonchev–Trinajstić information content (AvgIpc) is 3.00. The Kier molecular flexibility index (Phi) is 2.19. The van der Waals surface area contributed by atoms with Crippen molar-refractivity contribution in [3.05, 3.63) is 47.8 Å². The highest BCUT2D eigenvalue weighted by Crippen LogP contribution is 2.48. The molecule has 1 fully saturated rings. The van der Waals surface area contributed by atoms with Gasteiger partial charge < -0.3 is 5.11 Å². The van der Waals surface area contributed by atoms with Crippen LogP contribution in [0.1, 0.15) is 29.0 Å². The lowest BCUT2D eigenvalue weighted by atomic mass is 10.1. The molecule has 0 saturated heterocycles. The van der Waals surface area contributed by atoms with E-state index in [1.54, 1.807) is 6.07 Å². The van der Waals surface area contributed by atoms with E-state index in [1.165, 1.54) is 23.0 Å². The number of rotatable bonds is 3. The molecule has 0 spiro atoms. The summed E-state index contributed by atoms with van der Waals surface area (Å²) in [7, 11) is 0. The Morgan fingerprint density at radius 1 is 1.39 bits per heavy atom. The highest BCUT2D eigenvalue weighted by molar-refractivity contribution is 5.85. The molecule has 0 bridgehead atoms. The Bertz CT molecular complexity index is 602. The standard InChI is InChI=1S/C12H10FN3O2/c13-8-1-2-10(14-7-8)12(4-5-12)16-9(11(17)18)3-6-15-16/h1-3,6-7H,4-5H2,(H,17,18). The van der Waals surface area contributed by atoms with Crippen LogP contribution in [-0.2, 0) is 5.54 Å². The lowest BCUT2D eigenvalue weighted by Crippen LogP contribution is -2.25. The van der Waals surface area contributed by atoms with Crippen LogP contribution in [0.5, 0.6) is 0 Å². The van der Waals surface area contributed by atoms with Crippen molar-refractivity contribution in [2.24, 2.45) is 0 Å². The number of carbonyl (C=O) groups is 1. The maximum Gasteiger partial charge on any atom is 0.354 e. The summed E-state index contributed by atoms with van der Waals surface area (Å²) in [6, 6.07) is 4.36. The fourth-order valence-electron chi connectivity index (χ4n) is 2.15. The average molecular weight is 247 g/mol. The molecule has 2 aromatic rings. The van der Waals surface area contributed by atoms with E-state index in [0.717, 1.165) is 19.0 Å². The summed E-state index contributed by atoms with van der Waals surface area (Å²) < 4.78 is 14.3. The molecule has 2 aromatic heterocycles. The first kappa shape index (κ1) is 10.9. The minimum Gasteiger partial charge on any atom is -0.477 e. The van der Waals surface area contributed by atoms with E-state index in [9.17, 15) is 9.18 Å². The predicted octanol–water partition coefficient (Wildman–Crippen LogP) is 1.65. The van der Waals surface area contributed by atoms with E-state index in [-0.39, 0.29) is 5.69 Å². The van der Waals surface area contributed by atoms with Gasteiger partial charge in [0, 0.05) is 6.20 Å². The molecule has 0 unspecified atom stereocenters. The molecular formula is C12H10FN3O2. The van der Waals surface area contributed by atoms with Gasteiger partial charge in [0.25, 0.3) is 0 Å². The number of aromatic carboxylic acids is 1. The molecule has 0 radical (unpaired) electrons. The minimum atomic E-state index is -1.03. The normalized spacial score (nSPS) is 16.5. The van der Waals surface area contributed by atoms with Gasteiger partial charge in [-0.3, -0.25) is 4.98 Å². The molecule has 0 aromatic carbocycles. The van der Waals surface area contributed by atoms with Crippen molar-refractivity contribution in [1.82, 2.24) is 14.8 Å². The van der Waals surface area contributed by atoms with E-state index in [1.807, 2.05) is 0 Å². The number of carboxylic acid groups (broad SMARTS) is 1. The zero-order chi connectivity index (χ0) is 12.8. The van der Waals surface area contributed by atoms with E-state index < -0.39 is 17.3 Å². The lowest BCUT2D eigenvalue weighted by molar-refractivity contribution is 0.0680. The summed E-state index contributed by atoms with van der Waals surface area (Å²) in [6.45, 7) is 0. The van der Waals surface area contributed by atoms with Gasteiger partial charge in [-0.15, -0.1) is 0 Å². The monoisotopic (exact) mass is 247 g/mol. The van der Waals surface area contributed by atoms with E-state index >= 15 is 0 Å². The summed E-state index contributed by atoms with van der Waals surface area (Å²) >= 11 is 0. The van der Waals surface area contributed by atoms with Crippen LogP contribution < -0.4 is 0 Å². The largest absolute Gasteiger partial charge is 0.477 e. The first-order valence-electron chi connectivity index (χ1n) is 5.53. The van der Waals surface area contributed by atoms with Crippen molar-refractivity contribution >= 4 is 5.97 Å². The highest BCUT2D eigenvalue weighted by Gasteiger charge is 2.50. The Balaban J connectivity index is 2.07. The van der Waals surface area contributed by atoms with Crippen LogP contribution in [0.25, 0.3) is 0 Å². The smallest absolute Gasteiger partial charge is 0.354 e. The molecule has 2 heterocycles. The molecule has 18 heavy (non-hydrogen) atoms. The number of pyridine rings is 1. The molecule has 3 rings (SSSR count).